The van der Waals surface area contributed by atoms with Crippen LogP contribution in [0.3, 0.4) is 0 Å². The number of carbonyl (C=O) groups excluding carboxylic acids is 2. The zero-order valence-corrected chi connectivity index (χ0v) is 9.76. The van der Waals surface area contributed by atoms with E-state index in [2.05, 4.69) is 10.6 Å². The smallest absolute Gasteiger partial charge is 0.239 e. The Balaban J connectivity index is 0.00000196. The second kappa shape index (κ2) is 5.92. The van der Waals surface area contributed by atoms with Gasteiger partial charge in [-0.1, -0.05) is 6.92 Å². The highest BCUT2D eigenvalue weighted by molar-refractivity contribution is 5.87. The van der Waals surface area contributed by atoms with Crippen LogP contribution in [-0.4, -0.2) is 30.9 Å². The van der Waals surface area contributed by atoms with Gasteiger partial charge in [-0.15, -0.1) is 12.4 Å². The second-order valence-corrected chi connectivity index (χ2v) is 3.87. The van der Waals surface area contributed by atoms with E-state index < -0.39 is 11.9 Å². The molecule has 0 bridgehead atoms. The highest BCUT2D eigenvalue weighted by atomic mass is 35.5. The summed E-state index contributed by atoms with van der Waals surface area (Å²) in [5.74, 6) is -0.322. The first kappa shape index (κ1) is 14.2. The van der Waals surface area contributed by atoms with Crippen LogP contribution in [0.5, 0.6) is 0 Å². The summed E-state index contributed by atoms with van der Waals surface area (Å²) in [6.45, 7) is 5.13. The molecule has 1 heterocycles. The zero-order valence-electron chi connectivity index (χ0n) is 8.95. The minimum atomic E-state index is -0.588. The first-order valence-electron chi connectivity index (χ1n) is 4.82. The molecule has 0 spiro atoms. The van der Waals surface area contributed by atoms with Crippen molar-refractivity contribution in [1.29, 1.82) is 0 Å². The van der Waals surface area contributed by atoms with Gasteiger partial charge in [0.25, 0.3) is 0 Å². The number of hydrogen-bond acceptors (Lipinski definition) is 3. The van der Waals surface area contributed by atoms with Gasteiger partial charge in [0.05, 0.1) is 5.92 Å². The number of nitrogens with one attached hydrogen (secondary N) is 2. The van der Waals surface area contributed by atoms with E-state index in [1.54, 1.807) is 6.92 Å². The van der Waals surface area contributed by atoms with E-state index in [1.165, 1.54) is 0 Å². The molecule has 2 amide bonds. The third-order valence-corrected chi connectivity index (χ3v) is 2.64. The number of amides is 2. The van der Waals surface area contributed by atoms with Crippen LogP contribution in [0.4, 0.5) is 0 Å². The minimum Gasteiger partial charge on any atom is -0.368 e. The summed E-state index contributed by atoms with van der Waals surface area (Å²) in [5.41, 5.74) is 5.05. The highest BCUT2D eigenvalue weighted by Crippen LogP contribution is 2.15. The van der Waals surface area contributed by atoms with Gasteiger partial charge in [-0.3, -0.25) is 9.59 Å². The Morgan fingerprint density at radius 3 is 2.47 bits per heavy atom. The largest absolute Gasteiger partial charge is 0.368 e. The number of halogens is 1. The number of primary amides is 1. The van der Waals surface area contributed by atoms with Crippen molar-refractivity contribution < 1.29 is 9.59 Å². The van der Waals surface area contributed by atoms with Gasteiger partial charge in [0.2, 0.25) is 11.8 Å². The molecule has 1 aliphatic rings. The normalized spacial score (nSPS) is 26.5. The Kier molecular flexibility index (Phi) is 5.60. The molecule has 0 aliphatic carbocycles. The summed E-state index contributed by atoms with van der Waals surface area (Å²) >= 11 is 0. The molecule has 88 valence electrons. The molecule has 1 rings (SSSR count). The summed E-state index contributed by atoms with van der Waals surface area (Å²) in [6, 6.07) is -0.588. The fourth-order valence-corrected chi connectivity index (χ4v) is 1.55. The van der Waals surface area contributed by atoms with Crippen molar-refractivity contribution in [3.05, 3.63) is 0 Å². The first-order chi connectivity index (χ1) is 6.52. The van der Waals surface area contributed by atoms with Crippen molar-refractivity contribution in [3.8, 4) is 0 Å². The molecular weight excluding hydrogens is 218 g/mol. The monoisotopic (exact) mass is 235 g/mol. The Bertz CT molecular complexity index is 248. The molecule has 0 aromatic heterocycles. The average Bonchev–Trinajstić information content (AvgIpc) is 2.51. The van der Waals surface area contributed by atoms with Crippen LogP contribution in [0, 0.1) is 11.8 Å². The van der Waals surface area contributed by atoms with Gasteiger partial charge >= 0.3 is 0 Å². The van der Waals surface area contributed by atoms with Gasteiger partial charge in [-0.2, -0.15) is 0 Å². The van der Waals surface area contributed by atoms with Crippen LogP contribution in [0.25, 0.3) is 0 Å². The van der Waals surface area contributed by atoms with Crippen molar-refractivity contribution in [2.24, 2.45) is 17.6 Å². The maximum absolute atomic E-state index is 11.6. The van der Waals surface area contributed by atoms with E-state index in [-0.39, 0.29) is 24.2 Å². The molecule has 0 saturated carbocycles. The lowest BCUT2D eigenvalue weighted by molar-refractivity contribution is -0.129. The summed E-state index contributed by atoms with van der Waals surface area (Å²) in [4.78, 5) is 22.3. The summed E-state index contributed by atoms with van der Waals surface area (Å²) in [6.07, 6.45) is 0. The Labute approximate surface area is 95.6 Å². The molecule has 4 N–H and O–H groups in total. The van der Waals surface area contributed by atoms with Crippen molar-refractivity contribution in [2.75, 3.05) is 13.1 Å². The lowest BCUT2D eigenvalue weighted by Crippen LogP contribution is -2.45. The molecule has 3 atom stereocenters. The molecule has 1 saturated heterocycles. The van der Waals surface area contributed by atoms with Crippen LogP contribution in [-0.2, 0) is 9.59 Å². The summed E-state index contributed by atoms with van der Waals surface area (Å²) in [7, 11) is 0. The predicted octanol–water partition coefficient (Wildman–Crippen LogP) is -0.746. The third-order valence-electron chi connectivity index (χ3n) is 2.64. The molecule has 0 aromatic carbocycles. The minimum absolute atomic E-state index is 0. The van der Waals surface area contributed by atoms with Crippen LogP contribution in [0.15, 0.2) is 0 Å². The number of nitrogens with two attached hydrogens (primary N) is 1. The van der Waals surface area contributed by atoms with Crippen LogP contribution in [0.1, 0.15) is 13.8 Å². The van der Waals surface area contributed by atoms with Crippen LogP contribution in [0.2, 0.25) is 0 Å². The Morgan fingerprint density at radius 2 is 2.07 bits per heavy atom. The standard InChI is InChI=1S/C9H17N3O2.ClH/c1-5-3-11-4-7(5)9(14)12-6(2)8(10)13;/h5-7,11H,3-4H2,1-2H3,(H2,10,13)(H,12,14);1H/t5-,6?,7-;/m1./s1. The van der Waals surface area contributed by atoms with Gasteiger partial charge in [-0.25, -0.2) is 0 Å². The molecule has 5 nitrogen and oxygen atoms in total. The summed E-state index contributed by atoms with van der Waals surface area (Å²) in [5, 5.41) is 5.73. The molecule has 0 aromatic rings. The van der Waals surface area contributed by atoms with Gasteiger partial charge in [0.15, 0.2) is 0 Å². The van der Waals surface area contributed by atoms with E-state index in [4.69, 9.17) is 5.73 Å². The number of hydrogen-bond donors (Lipinski definition) is 3. The van der Waals surface area contributed by atoms with Crippen molar-refractivity contribution >= 4 is 24.2 Å². The first-order valence-corrected chi connectivity index (χ1v) is 4.82. The molecule has 6 heteroatoms. The predicted molar refractivity (Wildman–Crippen MR) is 59.6 cm³/mol. The third kappa shape index (κ3) is 3.68. The average molecular weight is 236 g/mol. The molecule has 1 aliphatic heterocycles. The Hall–Kier alpha value is -0.810. The maximum Gasteiger partial charge on any atom is 0.239 e. The SMILES string of the molecule is CC(NC(=O)[C@@H]1CNC[C@H]1C)C(N)=O.Cl. The van der Waals surface area contributed by atoms with Gasteiger partial charge in [-0.05, 0) is 19.4 Å². The van der Waals surface area contributed by atoms with E-state index in [9.17, 15) is 9.59 Å². The van der Waals surface area contributed by atoms with E-state index in [1.807, 2.05) is 6.92 Å². The molecule has 1 fully saturated rings. The number of carbonyl (C=O) groups is 2. The molecule has 15 heavy (non-hydrogen) atoms. The summed E-state index contributed by atoms with van der Waals surface area (Å²) < 4.78 is 0. The van der Waals surface area contributed by atoms with Gasteiger partial charge in [0, 0.05) is 6.54 Å². The van der Waals surface area contributed by atoms with Crippen LogP contribution >= 0.6 is 12.4 Å². The van der Waals surface area contributed by atoms with Gasteiger partial charge < -0.3 is 16.4 Å². The Morgan fingerprint density at radius 1 is 1.47 bits per heavy atom. The van der Waals surface area contributed by atoms with E-state index in [0.29, 0.717) is 12.5 Å². The fraction of sp³-hybridized carbons (Fsp3) is 0.778. The second-order valence-electron chi connectivity index (χ2n) is 3.87. The van der Waals surface area contributed by atoms with E-state index in [0.717, 1.165) is 6.54 Å². The van der Waals surface area contributed by atoms with Crippen molar-refractivity contribution in [2.45, 2.75) is 19.9 Å². The lowest BCUT2D eigenvalue weighted by atomic mass is 9.97. The van der Waals surface area contributed by atoms with Gasteiger partial charge in [0.1, 0.15) is 6.04 Å². The quantitative estimate of drug-likeness (QED) is 0.602. The maximum atomic E-state index is 11.6. The van der Waals surface area contributed by atoms with E-state index >= 15 is 0 Å². The fourth-order valence-electron chi connectivity index (χ4n) is 1.55. The lowest BCUT2D eigenvalue weighted by Gasteiger charge is -2.16. The molecule has 1 unspecified atom stereocenters. The van der Waals surface area contributed by atoms with Crippen molar-refractivity contribution in [3.63, 3.8) is 0 Å². The topological polar surface area (TPSA) is 84.2 Å². The number of rotatable bonds is 3. The molecular formula is C9H18ClN3O2. The van der Waals surface area contributed by atoms with Crippen molar-refractivity contribution in [1.82, 2.24) is 10.6 Å². The zero-order chi connectivity index (χ0) is 10.7. The molecule has 0 radical (unpaired) electrons. The highest BCUT2D eigenvalue weighted by Gasteiger charge is 2.30. The van der Waals surface area contributed by atoms with Crippen LogP contribution < -0.4 is 16.4 Å².